The number of ether oxygens (including phenoxy) is 1. The van der Waals surface area contributed by atoms with Crippen LogP contribution in [0.1, 0.15) is 0 Å². The third-order valence-corrected chi connectivity index (χ3v) is 3.29. The molecule has 2 N–H and O–H groups in total. The van der Waals surface area contributed by atoms with E-state index >= 15 is 0 Å². The number of hydrogen-bond donors (Lipinski definition) is 2. The molecule has 1 unspecified atom stereocenters. The van der Waals surface area contributed by atoms with E-state index < -0.39 is 6.10 Å². The van der Waals surface area contributed by atoms with Crippen molar-refractivity contribution in [1.82, 2.24) is 0 Å². The first kappa shape index (κ1) is 15.0. The van der Waals surface area contributed by atoms with E-state index in [1.54, 1.807) is 18.2 Å². The minimum absolute atomic E-state index is 0.194. The van der Waals surface area contributed by atoms with Crippen molar-refractivity contribution in [3.8, 4) is 5.75 Å². The Morgan fingerprint density at radius 2 is 1.65 bits per heavy atom. The van der Waals surface area contributed by atoms with Gasteiger partial charge in [0.05, 0.1) is 15.7 Å². The summed E-state index contributed by atoms with van der Waals surface area (Å²) >= 11 is 12.1. The van der Waals surface area contributed by atoms with E-state index in [1.165, 1.54) is 0 Å². The van der Waals surface area contributed by atoms with Crippen molar-refractivity contribution in [2.24, 2.45) is 0 Å². The predicted octanol–water partition coefficient (Wildman–Crippen LogP) is 3.85. The van der Waals surface area contributed by atoms with Crippen LogP contribution in [-0.2, 0) is 0 Å². The highest BCUT2D eigenvalue weighted by Crippen LogP contribution is 2.29. The van der Waals surface area contributed by atoms with Crippen molar-refractivity contribution in [2.75, 3.05) is 18.5 Å². The first-order chi connectivity index (χ1) is 9.66. The van der Waals surface area contributed by atoms with Crippen LogP contribution in [0.3, 0.4) is 0 Å². The molecular weight excluding hydrogens is 297 g/mol. The summed E-state index contributed by atoms with van der Waals surface area (Å²) in [5, 5.41) is 13.9. The maximum Gasteiger partial charge on any atom is 0.119 e. The molecule has 0 spiro atoms. The summed E-state index contributed by atoms with van der Waals surface area (Å²) in [6.07, 6.45) is -0.664. The van der Waals surface area contributed by atoms with E-state index in [1.807, 2.05) is 30.3 Å². The fourth-order valence-electron chi connectivity index (χ4n) is 1.65. The number of anilines is 1. The van der Waals surface area contributed by atoms with Crippen LogP contribution < -0.4 is 10.1 Å². The molecular formula is C15H15Cl2NO2. The van der Waals surface area contributed by atoms with Gasteiger partial charge in [-0.2, -0.15) is 0 Å². The molecule has 1 atom stereocenters. The van der Waals surface area contributed by atoms with Gasteiger partial charge in [0.1, 0.15) is 18.5 Å². The van der Waals surface area contributed by atoms with E-state index in [9.17, 15) is 5.11 Å². The molecule has 0 aliphatic heterocycles. The number of aliphatic hydroxyl groups is 1. The number of para-hydroxylation sites is 2. The van der Waals surface area contributed by atoms with Crippen molar-refractivity contribution >= 4 is 28.9 Å². The van der Waals surface area contributed by atoms with Gasteiger partial charge in [-0.25, -0.2) is 0 Å². The van der Waals surface area contributed by atoms with Crippen LogP contribution in [-0.4, -0.2) is 24.4 Å². The van der Waals surface area contributed by atoms with Crippen LogP contribution in [0.15, 0.2) is 48.5 Å². The largest absolute Gasteiger partial charge is 0.491 e. The Hall–Kier alpha value is -1.42. The number of aliphatic hydroxyl groups excluding tert-OH is 1. The molecule has 2 aromatic carbocycles. The van der Waals surface area contributed by atoms with Gasteiger partial charge in [0, 0.05) is 6.54 Å². The van der Waals surface area contributed by atoms with Crippen molar-refractivity contribution < 1.29 is 9.84 Å². The topological polar surface area (TPSA) is 41.5 Å². The molecule has 0 saturated heterocycles. The maximum absolute atomic E-state index is 9.88. The van der Waals surface area contributed by atoms with E-state index in [4.69, 9.17) is 27.9 Å². The Balaban J connectivity index is 1.82. The minimum atomic E-state index is -0.664. The van der Waals surface area contributed by atoms with Gasteiger partial charge < -0.3 is 15.2 Å². The monoisotopic (exact) mass is 311 g/mol. The smallest absolute Gasteiger partial charge is 0.119 e. The van der Waals surface area contributed by atoms with E-state index in [0.29, 0.717) is 22.3 Å². The fraction of sp³-hybridized carbons (Fsp3) is 0.200. The van der Waals surface area contributed by atoms with Gasteiger partial charge in [-0.3, -0.25) is 0 Å². The standard InChI is InChI=1S/C15H15Cl2NO2/c16-13-7-4-8-14(17)15(13)18-9-11(19)10-20-12-5-2-1-3-6-12/h1-8,11,18-19H,9-10H2. The molecule has 0 heterocycles. The highest BCUT2D eigenvalue weighted by molar-refractivity contribution is 6.39. The molecule has 106 valence electrons. The first-order valence-electron chi connectivity index (χ1n) is 6.20. The third kappa shape index (κ3) is 4.30. The van der Waals surface area contributed by atoms with Gasteiger partial charge >= 0.3 is 0 Å². The lowest BCUT2D eigenvalue weighted by Crippen LogP contribution is -2.26. The van der Waals surface area contributed by atoms with E-state index in [2.05, 4.69) is 5.32 Å². The highest BCUT2D eigenvalue weighted by atomic mass is 35.5. The Morgan fingerprint density at radius 1 is 1.00 bits per heavy atom. The summed E-state index contributed by atoms with van der Waals surface area (Å²) in [6.45, 7) is 0.495. The molecule has 0 aromatic heterocycles. The maximum atomic E-state index is 9.88. The molecule has 0 fully saturated rings. The second-order valence-corrected chi connectivity index (χ2v) is 5.07. The lowest BCUT2D eigenvalue weighted by molar-refractivity contribution is 0.117. The molecule has 3 nitrogen and oxygen atoms in total. The second-order valence-electron chi connectivity index (χ2n) is 4.26. The molecule has 0 amide bonds. The molecule has 2 aromatic rings. The molecule has 2 rings (SSSR count). The van der Waals surface area contributed by atoms with Crippen LogP contribution in [0.4, 0.5) is 5.69 Å². The van der Waals surface area contributed by atoms with E-state index in [-0.39, 0.29) is 6.61 Å². The Bertz CT molecular complexity index is 529. The Labute approximate surface area is 128 Å². The van der Waals surface area contributed by atoms with E-state index in [0.717, 1.165) is 5.75 Å². The average molecular weight is 312 g/mol. The lowest BCUT2D eigenvalue weighted by atomic mass is 10.3. The van der Waals surface area contributed by atoms with Crippen LogP contribution in [0.5, 0.6) is 5.75 Å². The minimum Gasteiger partial charge on any atom is -0.491 e. The van der Waals surface area contributed by atoms with Crippen LogP contribution in [0.2, 0.25) is 10.0 Å². The van der Waals surface area contributed by atoms with Crippen LogP contribution in [0, 0.1) is 0 Å². The SMILES string of the molecule is OC(CNc1c(Cl)cccc1Cl)COc1ccccc1. The number of halogens is 2. The summed E-state index contributed by atoms with van der Waals surface area (Å²) in [5.74, 6) is 0.724. The molecule has 0 bridgehead atoms. The van der Waals surface area contributed by atoms with Gasteiger partial charge in [0.25, 0.3) is 0 Å². The molecule has 5 heteroatoms. The van der Waals surface area contributed by atoms with Crippen LogP contribution >= 0.6 is 23.2 Å². The Morgan fingerprint density at radius 3 is 2.30 bits per heavy atom. The zero-order valence-corrected chi connectivity index (χ0v) is 12.2. The first-order valence-corrected chi connectivity index (χ1v) is 6.96. The van der Waals surface area contributed by atoms with Gasteiger partial charge in [0.2, 0.25) is 0 Å². The lowest BCUT2D eigenvalue weighted by Gasteiger charge is -2.15. The quantitative estimate of drug-likeness (QED) is 0.851. The van der Waals surface area contributed by atoms with Crippen molar-refractivity contribution in [3.63, 3.8) is 0 Å². The van der Waals surface area contributed by atoms with Gasteiger partial charge in [-0.1, -0.05) is 47.5 Å². The van der Waals surface area contributed by atoms with Gasteiger partial charge in [0.15, 0.2) is 0 Å². The summed E-state index contributed by atoms with van der Waals surface area (Å²) in [7, 11) is 0. The summed E-state index contributed by atoms with van der Waals surface area (Å²) < 4.78 is 5.46. The number of rotatable bonds is 6. The van der Waals surface area contributed by atoms with Gasteiger partial charge in [-0.15, -0.1) is 0 Å². The molecule has 0 aliphatic rings. The molecule has 20 heavy (non-hydrogen) atoms. The average Bonchev–Trinajstić information content (AvgIpc) is 2.46. The van der Waals surface area contributed by atoms with Crippen molar-refractivity contribution in [1.29, 1.82) is 0 Å². The zero-order chi connectivity index (χ0) is 14.4. The second kappa shape index (κ2) is 7.39. The van der Waals surface area contributed by atoms with Crippen molar-refractivity contribution in [2.45, 2.75) is 6.10 Å². The van der Waals surface area contributed by atoms with Crippen LogP contribution in [0.25, 0.3) is 0 Å². The fourth-order valence-corrected chi connectivity index (χ4v) is 2.19. The number of hydrogen-bond acceptors (Lipinski definition) is 3. The molecule has 0 saturated carbocycles. The molecule has 0 aliphatic carbocycles. The van der Waals surface area contributed by atoms with Gasteiger partial charge in [-0.05, 0) is 24.3 Å². The third-order valence-electron chi connectivity index (χ3n) is 2.66. The number of nitrogens with one attached hydrogen (secondary N) is 1. The predicted molar refractivity (Wildman–Crippen MR) is 82.9 cm³/mol. The summed E-state index contributed by atoms with van der Waals surface area (Å²) in [5.41, 5.74) is 0.620. The molecule has 0 radical (unpaired) electrons. The highest BCUT2D eigenvalue weighted by Gasteiger charge is 2.09. The summed E-state index contributed by atoms with van der Waals surface area (Å²) in [4.78, 5) is 0. The summed E-state index contributed by atoms with van der Waals surface area (Å²) in [6, 6.07) is 14.6. The zero-order valence-electron chi connectivity index (χ0n) is 10.7. The number of benzene rings is 2. The van der Waals surface area contributed by atoms with Crippen molar-refractivity contribution in [3.05, 3.63) is 58.6 Å². The Kier molecular flexibility index (Phi) is 5.53. The normalized spacial score (nSPS) is 11.9.